The van der Waals surface area contributed by atoms with E-state index in [1.807, 2.05) is 31.2 Å². The molecule has 186 valence electrons. The number of hydrogen-bond acceptors (Lipinski definition) is 5. The van der Waals surface area contributed by atoms with Gasteiger partial charge in [0.05, 0.1) is 18.6 Å². The molecule has 3 N–H and O–H groups in total. The quantitative estimate of drug-likeness (QED) is 0.478. The highest BCUT2D eigenvalue weighted by molar-refractivity contribution is 5.85. The molecule has 1 unspecified atom stereocenters. The number of carboxylic acid groups (broad SMARTS) is 1. The molecule has 0 saturated carbocycles. The Morgan fingerprint density at radius 2 is 1.74 bits per heavy atom. The predicted octanol–water partition coefficient (Wildman–Crippen LogP) is 3.69. The molecule has 1 fully saturated rings. The Morgan fingerprint density at radius 1 is 1.09 bits per heavy atom. The van der Waals surface area contributed by atoms with Crippen LogP contribution in [0.3, 0.4) is 0 Å². The van der Waals surface area contributed by atoms with E-state index in [1.54, 1.807) is 0 Å². The van der Waals surface area contributed by atoms with Gasteiger partial charge < -0.3 is 25.2 Å². The van der Waals surface area contributed by atoms with Crippen LogP contribution in [0.5, 0.6) is 0 Å². The topological polar surface area (TPSA) is 114 Å². The first-order chi connectivity index (χ1) is 17.0. The van der Waals surface area contributed by atoms with Gasteiger partial charge in [0.1, 0.15) is 12.6 Å². The zero-order valence-electron chi connectivity index (χ0n) is 19.9. The molecule has 2 aromatic rings. The van der Waals surface area contributed by atoms with Crippen LogP contribution in [0.4, 0.5) is 4.79 Å². The van der Waals surface area contributed by atoms with Crippen LogP contribution in [0.1, 0.15) is 49.7 Å². The van der Waals surface area contributed by atoms with Crippen molar-refractivity contribution in [2.24, 2.45) is 5.92 Å². The van der Waals surface area contributed by atoms with Gasteiger partial charge in [-0.1, -0.05) is 68.3 Å². The van der Waals surface area contributed by atoms with Crippen LogP contribution >= 0.6 is 0 Å². The Morgan fingerprint density at radius 3 is 2.34 bits per heavy atom. The van der Waals surface area contributed by atoms with Gasteiger partial charge >= 0.3 is 12.1 Å². The highest BCUT2D eigenvalue weighted by atomic mass is 16.5. The van der Waals surface area contributed by atoms with E-state index in [1.165, 1.54) is 0 Å². The van der Waals surface area contributed by atoms with Crippen molar-refractivity contribution in [2.45, 2.75) is 50.7 Å². The fourth-order valence-corrected chi connectivity index (χ4v) is 4.82. The largest absolute Gasteiger partial charge is 0.481 e. The average molecular weight is 481 g/mol. The summed E-state index contributed by atoms with van der Waals surface area (Å²) >= 11 is 0. The standard InChI is InChI=1S/C27H32N2O6/c1-2-3-12-24(25(30)28-14-18-13-17(15-34-18)26(31)32)29-27(33)35-16-23-21-10-6-4-8-19(21)20-9-5-7-11-22(20)23/h4-11,17-18,23-24H,2-3,12-16H2,1H3,(H,28,30)(H,29,33)(H,31,32)/t17-,18-,24?/m1/s1. The van der Waals surface area contributed by atoms with Crippen LogP contribution in [0.25, 0.3) is 11.1 Å². The number of carboxylic acids is 1. The van der Waals surface area contributed by atoms with Gasteiger partial charge in [0.2, 0.25) is 5.91 Å². The van der Waals surface area contributed by atoms with Crippen molar-refractivity contribution in [3.8, 4) is 11.1 Å². The van der Waals surface area contributed by atoms with Crippen molar-refractivity contribution < 1.29 is 29.0 Å². The number of hydrogen-bond donors (Lipinski definition) is 3. The lowest BCUT2D eigenvalue weighted by molar-refractivity contribution is -0.141. The molecule has 1 saturated heterocycles. The van der Waals surface area contributed by atoms with E-state index in [0.29, 0.717) is 12.8 Å². The van der Waals surface area contributed by atoms with Crippen LogP contribution in [-0.4, -0.2) is 55.0 Å². The SMILES string of the molecule is CCCCC(NC(=O)OCC1c2ccccc2-c2ccccc21)C(=O)NC[C@H]1C[C@@H](C(=O)O)CO1. The summed E-state index contributed by atoms with van der Waals surface area (Å²) in [7, 11) is 0. The van der Waals surface area contributed by atoms with E-state index in [9.17, 15) is 14.4 Å². The number of alkyl carbamates (subject to hydrolysis) is 1. The van der Waals surface area contributed by atoms with E-state index < -0.39 is 24.0 Å². The minimum atomic E-state index is -0.892. The zero-order chi connectivity index (χ0) is 24.8. The molecule has 0 bridgehead atoms. The minimum absolute atomic E-state index is 0.0576. The summed E-state index contributed by atoms with van der Waals surface area (Å²) in [6.45, 7) is 2.54. The van der Waals surface area contributed by atoms with Crippen molar-refractivity contribution in [2.75, 3.05) is 19.8 Å². The Hall–Kier alpha value is -3.39. The van der Waals surface area contributed by atoms with Crippen LogP contribution in [0, 0.1) is 5.92 Å². The summed E-state index contributed by atoms with van der Waals surface area (Å²) in [5, 5.41) is 14.6. The lowest BCUT2D eigenvalue weighted by Crippen LogP contribution is -2.48. The molecule has 8 heteroatoms. The summed E-state index contributed by atoms with van der Waals surface area (Å²) in [5.41, 5.74) is 4.55. The lowest BCUT2D eigenvalue weighted by Gasteiger charge is -2.20. The van der Waals surface area contributed by atoms with Gasteiger partial charge in [-0.15, -0.1) is 0 Å². The van der Waals surface area contributed by atoms with Crippen molar-refractivity contribution in [1.29, 1.82) is 0 Å². The number of unbranched alkanes of at least 4 members (excludes halogenated alkanes) is 1. The van der Waals surface area contributed by atoms with E-state index in [2.05, 4.69) is 34.9 Å². The third-order valence-electron chi connectivity index (χ3n) is 6.73. The van der Waals surface area contributed by atoms with Crippen molar-refractivity contribution >= 4 is 18.0 Å². The normalized spacial score (nSPS) is 19.5. The molecule has 0 radical (unpaired) electrons. The zero-order valence-corrected chi connectivity index (χ0v) is 19.9. The van der Waals surface area contributed by atoms with Gasteiger partial charge in [-0.25, -0.2) is 4.79 Å². The second-order valence-corrected chi connectivity index (χ2v) is 9.14. The molecular weight excluding hydrogens is 448 g/mol. The molecule has 8 nitrogen and oxygen atoms in total. The maximum absolute atomic E-state index is 12.8. The first kappa shape index (κ1) is 24.7. The molecule has 2 aliphatic rings. The fourth-order valence-electron chi connectivity index (χ4n) is 4.82. The fraction of sp³-hybridized carbons (Fsp3) is 0.444. The van der Waals surface area contributed by atoms with Crippen molar-refractivity contribution in [3.63, 3.8) is 0 Å². The molecule has 2 amide bonds. The van der Waals surface area contributed by atoms with E-state index >= 15 is 0 Å². The maximum Gasteiger partial charge on any atom is 0.407 e. The smallest absolute Gasteiger partial charge is 0.407 e. The number of aliphatic carboxylic acids is 1. The molecule has 2 aromatic carbocycles. The second-order valence-electron chi connectivity index (χ2n) is 9.14. The molecule has 1 aliphatic carbocycles. The monoisotopic (exact) mass is 480 g/mol. The van der Waals surface area contributed by atoms with E-state index in [4.69, 9.17) is 14.6 Å². The molecule has 1 heterocycles. The molecule has 3 atom stereocenters. The molecule has 4 rings (SSSR count). The molecule has 0 spiro atoms. The van der Waals surface area contributed by atoms with Gasteiger partial charge in [0.25, 0.3) is 0 Å². The number of carbonyl (C=O) groups excluding carboxylic acids is 2. The highest BCUT2D eigenvalue weighted by Gasteiger charge is 2.32. The summed E-state index contributed by atoms with van der Waals surface area (Å²) in [6, 6.07) is 15.5. The van der Waals surface area contributed by atoms with Crippen LogP contribution < -0.4 is 10.6 Å². The highest BCUT2D eigenvalue weighted by Crippen LogP contribution is 2.44. The number of carbonyl (C=O) groups is 3. The third-order valence-corrected chi connectivity index (χ3v) is 6.73. The van der Waals surface area contributed by atoms with Crippen molar-refractivity contribution in [1.82, 2.24) is 10.6 Å². The van der Waals surface area contributed by atoms with Gasteiger partial charge in [-0.3, -0.25) is 9.59 Å². The number of fused-ring (bicyclic) bond motifs is 3. The average Bonchev–Trinajstić information content (AvgIpc) is 3.47. The predicted molar refractivity (Wildman–Crippen MR) is 130 cm³/mol. The molecule has 0 aromatic heterocycles. The third kappa shape index (κ3) is 5.82. The molecule has 35 heavy (non-hydrogen) atoms. The van der Waals surface area contributed by atoms with Crippen LogP contribution in [-0.2, 0) is 19.1 Å². The lowest BCUT2D eigenvalue weighted by atomic mass is 9.98. The summed E-state index contributed by atoms with van der Waals surface area (Å²) in [6.07, 6.45) is 1.50. The summed E-state index contributed by atoms with van der Waals surface area (Å²) in [5.74, 6) is -1.82. The first-order valence-electron chi connectivity index (χ1n) is 12.2. The van der Waals surface area contributed by atoms with Gasteiger partial charge in [0.15, 0.2) is 0 Å². The Bertz CT molecular complexity index is 1030. The number of amides is 2. The Kier molecular flexibility index (Phi) is 8.02. The number of nitrogens with one attached hydrogen (secondary N) is 2. The number of ether oxygens (including phenoxy) is 2. The summed E-state index contributed by atoms with van der Waals surface area (Å²) < 4.78 is 11.1. The maximum atomic E-state index is 12.8. The Labute approximate surface area is 205 Å². The van der Waals surface area contributed by atoms with E-state index in [-0.39, 0.29) is 37.7 Å². The second kappa shape index (κ2) is 11.4. The number of benzene rings is 2. The first-order valence-corrected chi connectivity index (χ1v) is 12.2. The summed E-state index contributed by atoms with van der Waals surface area (Å²) in [4.78, 5) is 36.6. The molecular formula is C27H32N2O6. The Balaban J connectivity index is 1.32. The van der Waals surface area contributed by atoms with Crippen LogP contribution in [0.2, 0.25) is 0 Å². The van der Waals surface area contributed by atoms with Gasteiger partial charge in [0, 0.05) is 12.5 Å². The molecule has 1 aliphatic heterocycles. The van der Waals surface area contributed by atoms with E-state index in [0.717, 1.165) is 35.1 Å². The van der Waals surface area contributed by atoms with Crippen molar-refractivity contribution in [3.05, 3.63) is 59.7 Å². The van der Waals surface area contributed by atoms with Crippen LogP contribution in [0.15, 0.2) is 48.5 Å². The van der Waals surface area contributed by atoms with Gasteiger partial charge in [-0.2, -0.15) is 0 Å². The van der Waals surface area contributed by atoms with Gasteiger partial charge in [-0.05, 0) is 35.1 Å². The number of rotatable bonds is 10. The minimum Gasteiger partial charge on any atom is -0.481 e.